The van der Waals surface area contributed by atoms with E-state index in [4.69, 9.17) is 5.73 Å². The maximum Gasteiger partial charge on any atom is 0.220 e. The van der Waals surface area contributed by atoms with Crippen LogP contribution in [0.25, 0.3) is 0 Å². The number of primary amides is 1. The van der Waals surface area contributed by atoms with Gasteiger partial charge in [0.1, 0.15) is 0 Å². The van der Waals surface area contributed by atoms with Crippen LogP contribution >= 0.6 is 24.0 Å². The summed E-state index contributed by atoms with van der Waals surface area (Å²) in [5.41, 5.74) is 7.10. The van der Waals surface area contributed by atoms with E-state index in [2.05, 4.69) is 50.9 Å². The van der Waals surface area contributed by atoms with E-state index in [9.17, 15) is 4.79 Å². The molecule has 4 N–H and O–H groups in total. The SMILES string of the molecule is CN=C(NCCCCN1CCC(C(N)=O)CC1)NCC1(c2ccccc2)CCCC1.I. The lowest BCUT2D eigenvalue weighted by molar-refractivity contribution is -0.123. The van der Waals surface area contributed by atoms with E-state index in [-0.39, 0.29) is 41.2 Å². The average molecular weight is 542 g/mol. The summed E-state index contributed by atoms with van der Waals surface area (Å²) in [6.45, 7) is 4.94. The first-order valence-electron chi connectivity index (χ1n) is 11.6. The van der Waals surface area contributed by atoms with Crippen molar-refractivity contribution in [3.8, 4) is 0 Å². The van der Waals surface area contributed by atoms with Gasteiger partial charge in [-0.05, 0) is 63.7 Å². The molecular weight excluding hydrogens is 501 g/mol. The molecule has 0 spiro atoms. The van der Waals surface area contributed by atoms with Gasteiger partial charge in [-0.25, -0.2) is 0 Å². The summed E-state index contributed by atoms with van der Waals surface area (Å²) >= 11 is 0. The maximum absolute atomic E-state index is 11.3. The van der Waals surface area contributed by atoms with Crippen LogP contribution in [-0.4, -0.2) is 56.5 Å². The van der Waals surface area contributed by atoms with Gasteiger partial charge in [-0.3, -0.25) is 9.79 Å². The standard InChI is InChI=1S/C24H39N5O.HI/c1-26-23(27-15-7-8-16-29-17-11-20(12-18-29)22(25)30)28-19-24(13-5-6-14-24)21-9-3-2-4-10-21;/h2-4,9-10,20H,5-8,11-19H2,1H3,(H2,25,30)(H2,26,27,28);1H. The van der Waals surface area contributed by atoms with Gasteiger partial charge >= 0.3 is 0 Å². The molecule has 3 rings (SSSR count). The number of guanidine groups is 1. The first kappa shape index (κ1) is 25.9. The van der Waals surface area contributed by atoms with Crippen LogP contribution in [-0.2, 0) is 10.2 Å². The molecule has 1 aliphatic carbocycles. The number of halogens is 1. The summed E-state index contributed by atoms with van der Waals surface area (Å²) in [4.78, 5) is 18.1. The molecule has 6 nitrogen and oxygen atoms in total. The zero-order chi connectivity index (χ0) is 21.2. The van der Waals surface area contributed by atoms with Crippen LogP contribution in [0.5, 0.6) is 0 Å². The molecule has 1 saturated heterocycles. The van der Waals surface area contributed by atoms with Gasteiger partial charge in [-0.15, -0.1) is 24.0 Å². The number of likely N-dealkylation sites (tertiary alicyclic amines) is 1. The number of unbranched alkanes of at least 4 members (excludes halogenated alkanes) is 1. The van der Waals surface area contributed by atoms with Gasteiger partial charge in [-0.2, -0.15) is 0 Å². The third kappa shape index (κ3) is 7.63. The van der Waals surface area contributed by atoms with Crippen LogP contribution in [0.4, 0.5) is 0 Å². The van der Waals surface area contributed by atoms with Crippen LogP contribution in [0, 0.1) is 5.92 Å². The summed E-state index contributed by atoms with van der Waals surface area (Å²) in [6, 6.07) is 10.9. The second-order valence-electron chi connectivity index (χ2n) is 8.93. The van der Waals surface area contributed by atoms with E-state index in [0.29, 0.717) is 0 Å². The minimum Gasteiger partial charge on any atom is -0.369 e. The van der Waals surface area contributed by atoms with Gasteiger partial charge in [0.2, 0.25) is 5.91 Å². The van der Waals surface area contributed by atoms with Gasteiger partial charge in [0.25, 0.3) is 0 Å². The molecule has 1 aromatic rings. The Labute approximate surface area is 204 Å². The van der Waals surface area contributed by atoms with E-state index in [0.717, 1.165) is 64.4 Å². The van der Waals surface area contributed by atoms with E-state index < -0.39 is 0 Å². The zero-order valence-corrected chi connectivity index (χ0v) is 21.3. The van der Waals surface area contributed by atoms with Gasteiger partial charge in [0.15, 0.2) is 5.96 Å². The Morgan fingerprint density at radius 2 is 1.81 bits per heavy atom. The van der Waals surface area contributed by atoms with Crippen LogP contribution in [0.3, 0.4) is 0 Å². The first-order chi connectivity index (χ1) is 14.6. The fraction of sp³-hybridized carbons (Fsp3) is 0.667. The van der Waals surface area contributed by atoms with Crippen LogP contribution in [0.1, 0.15) is 56.9 Å². The minimum absolute atomic E-state index is 0. The summed E-state index contributed by atoms with van der Waals surface area (Å²) in [5, 5.41) is 7.07. The molecule has 1 amide bonds. The lowest BCUT2D eigenvalue weighted by Gasteiger charge is -2.31. The van der Waals surface area contributed by atoms with Crippen molar-refractivity contribution in [2.45, 2.75) is 56.8 Å². The van der Waals surface area contributed by atoms with E-state index in [1.54, 1.807) is 0 Å². The number of piperidine rings is 1. The van der Waals surface area contributed by atoms with Gasteiger partial charge < -0.3 is 21.3 Å². The first-order valence-corrected chi connectivity index (χ1v) is 11.6. The van der Waals surface area contributed by atoms with Crippen LogP contribution in [0.15, 0.2) is 35.3 Å². The number of hydrogen-bond acceptors (Lipinski definition) is 3. The highest BCUT2D eigenvalue weighted by atomic mass is 127. The normalized spacial score (nSPS) is 19.6. The molecule has 0 radical (unpaired) electrons. The number of nitrogens with one attached hydrogen (secondary N) is 2. The number of aliphatic imine (C=N–C) groups is 1. The van der Waals surface area contributed by atoms with Gasteiger partial charge in [-0.1, -0.05) is 43.2 Å². The minimum atomic E-state index is -0.135. The summed E-state index contributed by atoms with van der Waals surface area (Å²) in [7, 11) is 1.85. The van der Waals surface area contributed by atoms with E-state index >= 15 is 0 Å². The Morgan fingerprint density at radius 1 is 1.13 bits per heavy atom. The molecule has 0 atom stereocenters. The molecular formula is C24H40IN5O. The van der Waals surface area contributed by atoms with Crippen molar-refractivity contribution in [3.63, 3.8) is 0 Å². The maximum atomic E-state index is 11.3. The number of hydrogen-bond donors (Lipinski definition) is 3. The van der Waals surface area contributed by atoms with Crippen molar-refractivity contribution in [2.24, 2.45) is 16.6 Å². The largest absolute Gasteiger partial charge is 0.369 e. The van der Waals surface area contributed by atoms with Crippen molar-refractivity contribution in [1.82, 2.24) is 15.5 Å². The molecule has 7 heteroatoms. The second-order valence-corrected chi connectivity index (χ2v) is 8.93. The Kier molecular flexibility index (Phi) is 11.1. The Bertz CT molecular complexity index is 682. The molecule has 31 heavy (non-hydrogen) atoms. The number of benzene rings is 1. The Morgan fingerprint density at radius 3 is 2.42 bits per heavy atom. The smallest absolute Gasteiger partial charge is 0.220 e. The topological polar surface area (TPSA) is 82.8 Å². The summed E-state index contributed by atoms with van der Waals surface area (Å²) in [5.74, 6) is 0.847. The summed E-state index contributed by atoms with van der Waals surface area (Å²) in [6.07, 6.45) is 9.18. The lowest BCUT2D eigenvalue weighted by Crippen LogP contribution is -2.45. The fourth-order valence-electron chi connectivity index (χ4n) is 4.99. The van der Waals surface area contributed by atoms with Crippen LogP contribution < -0.4 is 16.4 Å². The molecule has 1 aliphatic heterocycles. The molecule has 2 fully saturated rings. The molecule has 0 aromatic heterocycles. The van der Waals surface area contributed by atoms with Crippen molar-refractivity contribution in [1.29, 1.82) is 0 Å². The number of nitrogens with two attached hydrogens (primary N) is 1. The number of carbonyl (C=O) groups is 1. The third-order valence-electron chi connectivity index (χ3n) is 6.95. The highest BCUT2D eigenvalue weighted by Crippen LogP contribution is 2.40. The highest BCUT2D eigenvalue weighted by molar-refractivity contribution is 14.0. The predicted molar refractivity (Wildman–Crippen MR) is 139 cm³/mol. The number of carbonyl (C=O) groups excluding carboxylic acids is 1. The van der Waals surface area contributed by atoms with Crippen molar-refractivity contribution in [2.75, 3.05) is 39.8 Å². The number of rotatable bonds is 9. The molecule has 1 saturated carbocycles. The third-order valence-corrected chi connectivity index (χ3v) is 6.95. The Balaban J connectivity index is 0.00000341. The second kappa shape index (κ2) is 13.3. The molecule has 0 unspecified atom stereocenters. The number of nitrogens with zero attached hydrogens (tertiary/aromatic N) is 2. The van der Waals surface area contributed by atoms with Crippen molar-refractivity contribution >= 4 is 35.8 Å². The monoisotopic (exact) mass is 541 g/mol. The van der Waals surface area contributed by atoms with E-state index in [1.807, 2.05) is 7.05 Å². The van der Waals surface area contributed by atoms with Gasteiger partial charge in [0, 0.05) is 31.5 Å². The molecule has 0 bridgehead atoms. The van der Waals surface area contributed by atoms with Crippen molar-refractivity contribution in [3.05, 3.63) is 35.9 Å². The highest BCUT2D eigenvalue weighted by Gasteiger charge is 2.35. The zero-order valence-electron chi connectivity index (χ0n) is 18.9. The fourth-order valence-corrected chi connectivity index (χ4v) is 4.99. The molecule has 174 valence electrons. The quantitative estimate of drug-likeness (QED) is 0.194. The predicted octanol–water partition coefficient (Wildman–Crippen LogP) is 3.26. The van der Waals surface area contributed by atoms with Crippen LogP contribution in [0.2, 0.25) is 0 Å². The molecule has 2 aliphatic rings. The summed E-state index contributed by atoms with van der Waals surface area (Å²) < 4.78 is 0. The van der Waals surface area contributed by atoms with Gasteiger partial charge in [0.05, 0.1) is 0 Å². The Hall–Kier alpha value is -1.35. The van der Waals surface area contributed by atoms with Crippen molar-refractivity contribution < 1.29 is 4.79 Å². The average Bonchev–Trinajstić information content (AvgIpc) is 3.27. The number of amides is 1. The lowest BCUT2D eigenvalue weighted by atomic mass is 9.79. The molecule has 1 heterocycles. The molecule has 1 aromatic carbocycles. The van der Waals surface area contributed by atoms with E-state index in [1.165, 1.54) is 31.2 Å².